The molecule has 5 atom stereocenters. The number of rotatable bonds is 5. The lowest BCUT2D eigenvalue weighted by molar-refractivity contribution is -0.200. The number of likely N-dealkylation sites (N-methyl/N-ethyl adjacent to an activating group) is 1. The number of carbonyl (C=O) groups excluding carboxylic acids is 1. The summed E-state index contributed by atoms with van der Waals surface area (Å²) in [5, 5.41) is 25.4. The summed E-state index contributed by atoms with van der Waals surface area (Å²) in [5.74, 6) is 1.34. The van der Waals surface area contributed by atoms with Gasteiger partial charge in [-0.25, -0.2) is 0 Å². The maximum Gasteiger partial charge on any atom is 0.246 e. The van der Waals surface area contributed by atoms with Crippen LogP contribution in [0.1, 0.15) is 48.1 Å². The summed E-state index contributed by atoms with van der Waals surface area (Å²) in [7, 11) is 1.85. The Morgan fingerprint density at radius 3 is 2.92 bits per heavy atom. The highest BCUT2D eigenvalue weighted by atomic mass is 79.9. The van der Waals surface area contributed by atoms with Crippen LogP contribution in [-0.4, -0.2) is 69.8 Å². The number of phenolic OH excluding ortho intramolecular Hbond substituents is 1. The Balaban J connectivity index is 1.26. The van der Waals surface area contributed by atoms with Gasteiger partial charge in [-0.15, -0.1) is 11.3 Å². The third-order valence-corrected chi connectivity index (χ3v) is 11.2. The smallest absolute Gasteiger partial charge is 0.246 e. The Morgan fingerprint density at radius 2 is 2.17 bits per heavy atom. The van der Waals surface area contributed by atoms with E-state index in [1.165, 1.54) is 18.4 Å². The molecule has 7 rings (SSSR count). The number of phenols is 1. The molecule has 0 radical (unpaired) electrons. The van der Waals surface area contributed by atoms with E-state index < -0.39 is 11.0 Å². The summed E-state index contributed by atoms with van der Waals surface area (Å²) in [6, 6.07) is 5.60. The third-order valence-electron chi connectivity index (χ3n) is 9.55. The topological polar surface area (TPSA) is 73.2 Å². The van der Waals surface area contributed by atoms with E-state index in [1.807, 2.05) is 30.6 Å². The van der Waals surface area contributed by atoms with Crippen LogP contribution in [0.15, 0.2) is 34.1 Å². The molecule has 1 aromatic heterocycles. The molecule has 3 aliphatic carbocycles. The summed E-state index contributed by atoms with van der Waals surface area (Å²) in [5.41, 5.74) is 0.635. The largest absolute Gasteiger partial charge is 0.504 e. The van der Waals surface area contributed by atoms with E-state index >= 15 is 0 Å². The number of hydrogen-bond acceptors (Lipinski definition) is 6. The molecule has 1 amide bonds. The number of likely N-dealkylation sites (tertiary alicyclic amines) is 1. The standard InChI is InChI=1S/C28H31BrN2O4S/c1-30(23(33)7-5-19-13-18(29)15-36-19)20-8-9-28(34)22-12-17-4-6-21(32)25-24(17)27(28,26(20)35-25)10-11-31(22)14-16-2-3-16/h4-7,13,15-16,20,22,26,32,34H,2-3,8-12,14H2,1H3/b7-5+/t20-,22+,26+,27+,28-/m1/s1. The number of aromatic hydroxyl groups is 1. The SMILES string of the molecule is CN(C(=O)/C=C/c1cc(Br)cs1)[C@@H]1CC[C@@]2(O)[C@@H]3Cc4ccc(O)c5c4[C@@]2(CCN3CC2CC2)[C@H]1O5. The number of piperidine rings is 1. The fourth-order valence-corrected chi connectivity index (χ4v) is 9.04. The first-order chi connectivity index (χ1) is 17.3. The number of benzene rings is 1. The Hall–Kier alpha value is -1.87. The lowest BCUT2D eigenvalue weighted by atomic mass is 9.48. The Morgan fingerprint density at radius 1 is 1.33 bits per heavy atom. The quantitative estimate of drug-likeness (QED) is 0.524. The molecule has 2 N–H and O–H groups in total. The van der Waals surface area contributed by atoms with Gasteiger partial charge in [0, 0.05) is 46.0 Å². The van der Waals surface area contributed by atoms with Crippen LogP contribution in [0, 0.1) is 5.92 Å². The van der Waals surface area contributed by atoms with Gasteiger partial charge >= 0.3 is 0 Å². The van der Waals surface area contributed by atoms with Crippen LogP contribution in [-0.2, 0) is 16.6 Å². The van der Waals surface area contributed by atoms with Gasteiger partial charge in [0.2, 0.25) is 5.91 Å². The summed E-state index contributed by atoms with van der Waals surface area (Å²) < 4.78 is 7.61. The molecule has 8 heteroatoms. The van der Waals surface area contributed by atoms with Crippen LogP contribution in [0.2, 0.25) is 0 Å². The number of carbonyl (C=O) groups is 1. The van der Waals surface area contributed by atoms with E-state index in [0.29, 0.717) is 18.6 Å². The summed E-state index contributed by atoms with van der Waals surface area (Å²) in [6.45, 7) is 1.97. The number of halogens is 1. The van der Waals surface area contributed by atoms with Gasteiger partial charge in [-0.05, 0) is 90.7 Å². The van der Waals surface area contributed by atoms with E-state index in [9.17, 15) is 15.0 Å². The maximum atomic E-state index is 13.3. The first-order valence-corrected chi connectivity index (χ1v) is 14.7. The minimum atomic E-state index is -0.934. The van der Waals surface area contributed by atoms with Gasteiger partial charge in [-0.2, -0.15) is 0 Å². The Labute approximate surface area is 223 Å². The molecule has 1 spiro atoms. The molecule has 2 aliphatic heterocycles. The molecular formula is C28H31BrN2O4S. The molecule has 3 fully saturated rings. The number of nitrogens with zero attached hydrogens (tertiary/aromatic N) is 2. The first-order valence-electron chi connectivity index (χ1n) is 13.0. The van der Waals surface area contributed by atoms with Crippen molar-refractivity contribution in [2.24, 2.45) is 5.92 Å². The van der Waals surface area contributed by atoms with E-state index in [-0.39, 0.29) is 29.8 Å². The van der Waals surface area contributed by atoms with Gasteiger partial charge in [0.05, 0.1) is 17.1 Å². The zero-order chi connectivity index (χ0) is 24.8. The van der Waals surface area contributed by atoms with Crippen molar-refractivity contribution in [3.8, 4) is 11.5 Å². The zero-order valence-corrected chi connectivity index (χ0v) is 22.7. The van der Waals surface area contributed by atoms with Crippen molar-refractivity contribution in [3.05, 3.63) is 50.1 Å². The number of ether oxygens (including phenoxy) is 1. The second-order valence-corrected chi connectivity index (χ2v) is 13.2. The molecule has 190 valence electrons. The van der Waals surface area contributed by atoms with Crippen LogP contribution >= 0.6 is 27.3 Å². The fraction of sp³-hybridized carbons (Fsp3) is 0.536. The molecule has 2 saturated carbocycles. The van der Waals surface area contributed by atoms with E-state index in [2.05, 4.69) is 20.8 Å². The third kappa shape index (κ3) is 3.17. The minimum Gasteiger partial charge on any atom is -0.504 e. The molecule has 2 aromatic rings. The van der Waals surface area contributed by atoms with Crippen LogP contribution in [0.5, 0.6) is 11.5 Å². The average molecular weight is 572 g/mol. The van der Waals surface area contributed by atoms with Crippen molar-refractivity contribution < 1.29 is 19.7 Å². The highest BCUT2D eigenvalue weighted by Crippen LogP contribution is 2.66. The zero-order valence-electron chi connectivity index (χ0n) is 20.3. The molecule has 0 unspecified atom stereocenters. The van der Waals surface area contributed by atoms with Gasteiger partial charge < -0.3 is 19.8 Å². The van der Waals surface area contributed by atoms with Crippen molar-refractivity contribution in [2.45, 2.75) is 67.7 Å². The number of hydrogen-bond donors (Lipinski definition) is 2. The van der Waals surface area contributed by atoms with Crippen molar-refractivity contribution in [3.63, 3.8) is 0 Å². The minimum absolute atomic E-state index is 0.0417. The predicted molar refractivity (Wildman–Crippen MR) is 142 cm³/mol. The second-order valence-electron chi connectivity index (χ2n) is 11.3. The van der Waals surface area contributed by atoms with Crippen molar-refractivity contribution >= 4 is 39.2 Å². The second kappa shape index (κ2) is 8.06. The number of aliphatic hydroxyl groups is 1. The van der Waals surface area contributed by atoms with Gasteiger partial charge in [-0.3, -0.25) is 9.69 Å². The van der Waals surface area contributed by atoms with Gasteiger partial charge in [0.1, 0.15) is 6.10 Å². The van der Waals surface area contributed by atoms with E-state index in [4.69, 9.17) is 4.74 Å². The highest BCUT2D eigenvalue weighted by Gasteiger charge is 2.73. The maximum absolute atomic E-state index is 13.3. The van der Waals surface area contributed by atoms with Crippen molar-refractivity contribution in [1.29, 1.82) is 0 Å². The highest BCUT2D eigenvalue weighted by molar-refractivity contribution is 9.10. The van der Waals surface area contributed by atoms with E-state index in [1.54, 1.807) is 28.4 Å². The Kier molecular flexibility index (Phi) is 5.21. The van der Waals surface area contributed by atoms with E-state index in [0.717, 1.165) is 46.8 Å². The molecular weight excluding hydrogens is 540 g/mol. The molecule has 5 aliphatic rings. The molecule has 6 nitrogen and oxygen atoms in total. The summed E-state index contributed by atoms with van der Waals surface area (Å²) in [4.78, 5) is 18.6. The van der Waals surface area contributed by atoms with Crippen LogP contribution < -0.4 is 4.74 Å². The lowest BCUT2D eigenvalue weighted by Gasteiger charge is -2.64. The van der Waals surface area contributed by atoms with Crippen LogP contribution in [0.3, 0.4) is 0 Å². The fourth-order valence-electron chi connectivity index (χ4n) is 7.70. The van der Waals surface area contributed by atoms with Gasteiger partial charge in [0.25, 0.3) is 0 Å². The van der Waals surface area contributed by atoms with Crippen LogP contribution in [0.4, 0.5) is 0 Å². The monoisotopic (exact) mass is 570 g/mol. The van der Waals surface area contributed by atoms with Crippen molar-refractivity contribution in [1.82, 2.24) is 9.80 Å². The van der Waals surface area contributed by atoms with Crippen molar-refractivity contribution in [2.75, 3.05) is 20.1 Å². The van der Waals surface area contributed by atoms with Gasteiger partial charge in [-0.1, -0.05) is 6.07 Å². The lowest BCUT2D eigenvalue weighted by Crippen LogP contribution is -2.78. The Bertz CT molecular complexity index is 1270. The summed E-state index contributed by atoms with van der Waals surface area (Å²) >= 11 is 5.05. The molecule has 3 heterocycles. The van der Waals surface area contributed by atoms with Crippen LogP contribution in [0.25, 0.3) is 6.08 Å². The normalized spacial score (nSPS) is 34.5. The van der Waals surface area contributed by atoms with Gasteiger partial charge in [0.15, 0.2) is 11.5 Å². The molecule has 36 heavy (non-hydrogen) atoms. The molecule has 1 aromatic carbocycles. The molecule has 2 bridgehead atoms. The number of amides is 1. The predicted octanol–water partition coefficient (Wildman–Crippen LogP) is 4.32. The number of thiophene rings is 1. The molecule has 1 saturated heterocycles. The summed E-state index contributed by atoms with van der Waals surface area (Å²) in [6.07, 6.45) is 8.52. The average Bonchev–Trinajstić information content (AvgIpc) is 3.46. The first kappa shape index (κ1) is 23.3.